The zero-order valence-electron chi connectivity index (χ0n) is 21.1. The van der Waals surface area contributed by atoms with E-state index in [0.717, 1.165) is 6.42 Å². The van der Waals surface area contributed by atoms with Gasteiger partial charge in [0.1, 0.15) is 4.90 Å². The molecule has 4 rings (SSSR count). The van der Waals surface area contributed by atoms with Gasteiger partial charge >= 0.3 is 0 Å². The second-order valence-electron chi connectivity index (χ2n) is 8.78. The Kier molecular flexibility index (Phi) is 8.57. The van der Waals surface area contributed by atoms with Crippen LogP contribution in [0.5, 0.6) is 0 Å². The average molecular weight is 593 g/mol. The number of hydrogen-bond donors (Lipinski definition) is 0. The van der Waals surface area contributed by atoms with Gasteiger partial charge in [0.15, 0.2) is 0 Å². The lowest BCUT2D eigenvalue weighted by molar-refractivity contribution is 0.0631. The predicted molar refractivity (Wildman–Crippen MR) is 143 cm³/mol. The number of sulfonamides is 3. The normalized spacial score (nSPS) is 15.8. The van der Waals surface area contributed by atoms with E-state index in [1.165, 1.54) is 72.8 Å². The summed E-state index contributed by atoms with van der Waals surface area (Å²) < 4.78 is 88.6. The first-order valence-electron chi connectivity index (χ1n) is 12.2. The Balaban J connectivity index is 1.84. The highest BCUT2D eigenvalue weighted by molar-refractivity contribution is 8.04. The number of rotatable bonds is 12. The Morgan fingerprint density at radius 3 is 1.85 bits per heavy atom. The molecule has 1 aliphatic heterocycles. The van der Waals surface area contributed by atoms with E-state index in [1.54, 1.807) is 12.1 Å². The highest BCUT2D eigenvalue weighted by atomic mass is 32.3. The molecule has 0 N–H and O–H groups in total. The standard InChI is InChI=1S/C26H28N2O8S3/c1-2-3-18-36-20-21(28-26(29)24-16-10-11-17-25(24)39(28,34)35)19-27(37(30,31)22-12-6-4-7-13-22)38(32,33)23-14-8-5-9-15-23/h4-17,21H,2-3,18-20H2,1H3. The number of hydrogen-bond acceptors (Lipinski definition) is 8. The van der Waals surface area contributed by atoms with E-state index in [9.17, 15) is 30.0 Å². The van der Waals surface area contributed by atoms with Crippen LogP contribution in [0.2, 0.25) is 0 Å². The van der Waals surface area contributed by atoms with Crippen LogP contribution in [0, 0.1) is 0 Å². The molecule has 0 aliphatic carbocycles. The Labute approximate surface area is 229 Å². The van der Waals surface area contributed by atoms with Crippen LogP contribution in [-0.2, 0) is 34.8 Å². The molecule has 0 saturated carbocycles. The third kappa shape index (κ3) is 5.63. The quantitative estimate of drug-likeness (QED) is 0.293. The Morgan fingerprint density at radius 2 is 1.33 bits per heavy atom. The van der Waals surface area contributed by atoms with Crippen molar-refractivity contribution in [3.63, 3.8) is 0 Å². The molecule has 0 saturated heterocycles. The van der Waals surface area contributed by atoms with Crippen molar-refractivity contribution in [1.29, 1.82) is 0 Å². The largest absolute Gasteiger partial charge is 0.379 e. The van der Waals surface area contributed by atoms with Gasteiger partial charge in [-0.05, 0) is 42.8 Å². The number of benzene rings is 3. The smallest absolute Gasteiger partial charge is 0.269 e. The van der Waals surface area contributed by atoms with Crippen LogP contribution in [0.4, 0.5) is 0 Å². The molecular weight excluding hydrogens is 564 g/mol. The molecule has 10 nitrogen and oxygen atoms in total. The van der Waals surface area contributed by atoms with Crippen molar-refractivity contribution < 1.29 is 34.8 Å². The van der Waals surface area contributed by atoms with E-state index in [1.807, 2.05) is 6.92 Å². The summed E-state index contributed by atoms with van der Waals surface area (Å²) in [6, 6.07) is 18.0. The van der Waals surface area contributed by atoms with Gasteiger partial charge in [-0.15, -0.1) is 0 Å². The minimum Gasteiger partial charge on any atom is -0.379 e. The molecule has 0 fully saturated rings. The Morgan fingerprint density at radius 1 is 0.821 bits per heavy atom. The molecule has 1 unspecified atom stereocenters. The monoisotopic (exact) mass is 592 g/mol. The van der Waals surface area contributed by atoms with E-state index < -0.39 is 55.2 Å². The molecule has 1 heterocycles. The van der Waals surface area contributed by atoms with Crippen molar-refractivity contribution in [2.24, 2.45) is 0 Å². The second kappa shape index (κ2) is 11.6. The fourth-order valence-corrected chi connectivity index (χ4v) is 9.63. The number of carbonyl (C=O) groups excluding carboxylic acids is 1. The van der Waals surface area contributed by atoms with Crippen molar-refractivity contribution in [3.8, 4) is 0 Å². The third-order valence-electron chi connectivity index (χ3n) is 6.12. The average Bonchev–Trinajstić information content (AvgIpc) is 3.14. The fourth-order valence-electron chi connectivity index (χ4n) is 4.14. The number of unbranched alkanes of at least 4 members (excludes halogenated alkanes) is 1. The molecule has 208 valence electrons. The Bertz CT molecular complexity index is 1570. The topological polar surface area (TPSA) is 135 Å². The molecule has 1 amide bonds. The first-order valence-corrected chi connectivity index (χ1v) is 16.5. The van der Waals surface area contributed by atoms with Gasteiger partial charge in [-0.3, -0.25) is 4.79 Å². The van der Waals surface area contributed by atoms with E-state index in [-0.39, 0.29) is 30.6 Å². The maximum Gasteiger partial charge on any atom is 0.269 e. The molecule has 1 aliphatic rings. The van der Waals surface area contributed by atoms with E-state index in [2.05, 4.69) is 0 Å². The van der Waals surface area contributed by atoms with Crippen LogP contribution in [0.25, 0.3) is 0 Å². The zero-order valence-corrected chi connectivity index (χ0v) is 23.5. The van der Waals surface area contributed by atoms with Crippen LogP contribution in [0.3, 0.4) is 0 Å². The van der Waals surface area contributed by atoms with Gasteiger partial charge in [-0.1, -0.05) is 65.6 Å². The maximum atomic E-state index is 13.8. The molecular formula is C26H28N2O8S3. The van der Waals surface area contributed by atoms with Crippen LogP contribution in [0.1, 0.15) is 30.1 Å². The number of fused-ring (bicyclic) bond motifs is 1. The molecule has 13 heteroatoms. The molecule has 1 atom stereocenters. The number of amides is 1. The van der Waals surface area contributed by atoms with Gasteiger partial charge in [-0.25, -0.2) is 29.6 Å². The van der Waals surface area contributed by atoms with Crippen molar-refractivity contribution in [2.75, 3.05) is 19.8 Å². The second-order valence-corrected chi connectivity index (χ2v) is 14.5. The highest BCUT2D eigenvalue weighted by Gasteiger charge is 2.48. The molecule has 39 heavy (non-hydrogen) atoms. The summed E-state index contributed by atoms with van der Waals surface area (Å²) in [5.74, 6) is -0.885. The van der Waals surface area contributed by atoms with Gasteiger partial charge in [0, 0.05) is 6.61 Å². The van der Waals surface area contributed by atoms with Gasteiger partial charge in [0.05, 0.1) is 34.5 Å². The summed E-state index contributed by atoms with van der Waals surface area (Å²) in [5.41, 5.74) is -0.0839. The molecule has 0 radical (unpaired) electrons. The van der Waals surface area contributed by atoms with Crippen LogP contribution in [0.15, 0.2) is 99.6 Å². The van der Waals surface area contributed by atoms with Gasteiger partial charge < -0.3 is 4.74 Å². The van der Waals surface area contributed by atoms with Gasteiger partial charge in [-0.2, -0.15) is 0 Å². The van der Waals surface area contributed by atoms with Crippen molar-refractivity contribution in [2.45, 2.75) is 40.5 Å². The Hall–Kier alpha value is -3.10. The van der Waals surface area contributed by atoms with Crippen molar-refractivity contribution >= 4 is 36.0 Å². The van der Waals surface area contributed by atoms with E-state index in [4.69, 9.17) is 4.74 Å². The summed E-state index contributed by atoms with van der Waals surface area (Å²) in [7, 11) is -13.9. The van der Waals surface area contributed by atoms with Crippen LogP contribution >= 0.6 is 0 Å². The SMILES string of the molecule is CCCCOCC(CN(S(=O)(=O)c1ccccc1)S(=O)(=O)c1ccccc1)N1C(=O)c2ccccc2S1(=O)=O. The summed E-state index contributed by atoms with van der Waals surface area (Å²) in [4.78, 5) is 12.5. The summed E-state index contributed by atoms with van der Waals surface area (Å²) in [6.45, 7) is 0.828. The maximum absolute atomic E-state index is 13.8. The lowest BCUT2D eigenvalue weighted by Crippen LogP contribution is -2.52. The highest BCUT2D eigenvalue weighted by Crippen LogP contribution is 2.34. The lowest BCUT2D eigenvalue weighted by atomic mass is 10.2. The summed E-state index contributed by atoms with van der Waals surface area (Å²) in [6.07, 6.45) is 1.40. The first-order chi connectivity index (χ1) is 18.5. The van der Waals surface area contributed by atoms with Crippen LogP contribution in [-0.4, -0.2) is 65.0 Å². The number of ether oxygens (including phenoxy) is 1. The third-order valence-corrected chi connectivity index (χ3v) is 12.3. The number of carbonyl (C=O) groups is 1. The molecule has 3 aromatic rings. The minimum absolute atomic E-state index is 0.0839. The van der Waals surface area contributed by atoms with Gasteiger partial charge in [0.2, 0.25) is 0 Å². The lowest BCUT2D eigenvalue weighted by Gasteiger charge is -2.31. The molecule has 0 bridgehead atoms. The zero-order chi connectivity index (χ0) is 28.3. The molecule has 0 spiro atoms. The molecule has 0 aromatic heterocycles. The van der Waals surface area contributed by atoms with E-state index >= 15 is 0 Å². The van der Waals surface area contributed by atoms with Crippen LogP contribution < -0.4 is 0 Å². The minimum atomic E-state index is -4.73. The van der Waals surface area contributed by atoms with Crippen molar-refractivity contribution in [3.05, 3.63) is 90.5 Å². The summed E-state index contributed by atoms with van der Waals surface area (Å²) >= 11 is 0. The van der Waals surface area contributed by atoms with Gasteiger partial charge in [0.25, 0.3) is 36.0 Å². The predicted octanol–water partition coefficient (Wildman–Crippen LogP) is 3.10. The first kappa shape index (κ1) is 28.9. The van der Waals surface area contributed by atoms with Crippen molar-refractivity contribution in [1.82, 2.24) is 8.02 Å². The summed E-state index contributed by atoms with van der Waals surface area (Å²) in [5, 5.41) is 0. The number of nitrogens with zero attached hydrogens (tertiary/aromatic N) is 2. The molecule has 3 aromatic carbocycles. The van der Waals surface area contributed by atoms with E-state index in [0.29, 0.717) is 10.7 Å². The fraction of sp³-hybridized carbons (Fsp3) is 0.269.